The molecule has 79 heavy (non-hydrogen) atoms. The Labute approximate surface area is 459 Å². The predicted molar refractivity (Wildman–Crippen MR) is 291 cm³/mol. The number of carbonyl (C=O) groups is 2. The number of carbonyl (C=O) groups excluding carboxylic acids is 1. The molecule has 1 fully saturated rings. The van der Waals surface area contributed by atoms with Gasteiger partial charge in [0.2, 0.25) is 5.36 Å². The number of carboxylic acids is 1. The van der Waals surface area contributed by atoms with Crippen LogP contribution in [0.5, 0.6) is 11.5 Å². The third-order valence-corrected chi connectivity index (χ3v) is 21.8. The fourth-order valence-corrected chi connectivity index (χ4v) is 17.1. The maximum absolute atomic E-state index is 14.0. The highest BCUT2D eigenvalue weighted by Gasteiger charge is 2.49. The average Bonchev–Trinajstić information content (AvgIpc) is 4.08. The fraction of sp³-hybridized carbons (Fsp3) is 0.480. The Morgan fingerprint density at radius 1 is 0.949 bits per heavy atom. The van der Waals surface area contributed by atoms with Crippen molar-refractivity contribution < 1.29 is 75.3 Å². The van der Waals surface area contributed by atoms with E-state index in [9.17, 15) is 43.0 Å². The quantitative estimate of drug-likeness (QED) is 0.0189. The Morgan fingerprint density at radius 2 is 1.68 bits per heavy atom. The number of H-pyrrole nitrogens is 1. The first-order valence-corrected chi connectivity index (χ1v) is 32.6. The van der Waals surface area contributed by atoms with E-state index < -0.39 is 70.2 Å². The highest BCUT2D eigenvalue weighted by Crippen LogP contribution is 2.66. The number of aromatic amines is 1. The molecule has 0 spiro atoms. The molecule has 11 rings (SSSR count). The molecule has 6 aliphatic heterocycles. The third-order valence-electron chi connectivity index (χ3n) is 15.0. The Bertz CT molecular complexity index is 3710. The van der Waals surface area contributed by atoms with Crippen LogP contribution in [0.2, 0.25) is 0 Å². The number of phosphoric ester groups is 1. The molecule has 24 nitrogen and oxygen atoms in total. The van der Waals surface area contributed by atoms with Crippen molar-refractivity contribution in [3.8, 4) is 11.5 Å². The molecule has 0 radical (unpaired) electrons. The number of nitrogens with zero attached hydrogens (tertiary/aromatic N) is 5. The summed E-state index contributed by atoms with van der Waals surface area (Å²) in [4.78, 5) is 91.8. The van der Waals surface area contributed by atoms with Crippen molar-refractivity contribution >= 4 is 79.4 Å². The third kappa shape index (κ3) is 11.3. The number of aromatic nitrogens is 4. The van der Waals surface area contributed by atoms with Crippen LogP contribution >= 0.6 is 45.1 Å². The molecule has 1 amide bonds. The first kappa shape index (κ1) is 56.1. The number of anilines is 1. The van der Waals surface area contributed by atoms with E-state index >= 15 is 0 Å². The van der Waals surface area contributed by atoms with Crippen molar-refractivity contribution in [2.75, 3.05) is 50.2 Å². The molecule has 5 aromatic rings. The van der Waals surface area contributed by atoms with Crippen molar-refractivity contribution in [1.29, 1.82) is 0 Å². The van der Waals surface area contributed by atoms with Gasteiger partial charge < -0.3 is 54.1 Å². The lowest BCUT2D eigenvalue weighted by molar-refractivity contribution is -0.105. The Morgan fingerprint density at radius 3 is 2.44 bits per heavy atom. The highest BCUT2D eigenvalue weighted by atomic mass is 33.1. The molecule has 2 aromatic heterocycles. The number of phosphoric acid groups is 3. The number of imidazole rings is 1. The van der Waals surface area contributed by atoms with E-state index in [0.717, 1.165) is 105 Å². The van der Waals surface area contributed by atoms with Crippen LogP contribution in [0.1, 0.15) is 113 Å². The van der Waals surface area contributed by atoms with E-state index in [1.165, 1.54) is 71.8 Å². The fourth-order valence-electron chi connectivity index (χ4n) is 11.9. The molecule has 3 aromatic carbocycles. The Balaban J connectivity index is 0.808. The minimum atomic E-state index is -5.82. The van der Waals surface area contributed by atoms with Gasteiger partial charge in [-0.1, -0.05) is 27.7 Å². The molecule has 0 saturated carbocycles. The van der Waals surface area contributed by atoms with Gasteiger partial charge in [0.25, 0.3) is 11.5 Å². The van der Waals surface area contributed by atoms with E-state index in [-0.39, 0.29) is 47.0 Å². The van der Waals surface area contributed by atoms with Crippen molar-refractivity contribution in [1.82, 2.24) is 29.4 Å². The van der Waals surface area contributed by atoms with Crippen LogP contribution in [-0.2, 0) is 67.7 Å². The van der Waals surface area contributed by atoms with Crippen LogP contribution in [0.3, 0.4) is 0 Å². The molecular weight excluding hydrogens is 1130 g/mol. The van der Waals surface area contributed by atoms with Gasteiger partial charge in [-0.25, -0.2) is 33.0 Å². The van der Waals surface area contributed by atoms with E-state index in [4.69, 9.17) is 28.5 Å². The molecule has 7 N–H and O–H groups in total. The van der Waals surface area contributed by atoms with E-state index in [1.807, 2.05) is 13.8 Å². The zero-order valence-electron chi connectivity index (χ0n) is 43.5. The van der Waals surface area contributed by atoms with Crippen molar-refractivity contribution in [2.45, 2.75) is 108 Å². The molecule has 29 heteroatoms. The topological polar surface area (TPSA) is 324 Å². The first-order valence-electron chi connectivity index (χ1n) is 25.8. The largest absolute Gasteiger partial charge is 0.490 e. The number of fused-ring (bicyclic) bond motifs is 5. The van der Waals surface area contributed by atoms with Gasteiger partial charge >= 0.3 is 29.4 Å². The molecule has 0 aliphatic carbocycles. The van der Waals surface area contributed by atoms with Crippen LogP contribution in [0.15, 0.2) is 41.5 Å². The summed E-state index contributed by atoms with van der Waals surface area (Å²) in [5.74, 6) is 0.220. The number of amides is 1. The number of carboxylic acid groups (broad SMARTS) is 1. The molecule has 422 valence electrons. The van der Waals surface area contributed by atoms with Crippen LogP contribution < -0.4 is 35.7 Å². The van der Waals surface area contributed by atoms with E-state index in [1.54, 1.807) is 26.0 Å². The summed E-state index contributed by atoms with van der Waals surface area (Å²) in [5, 5.41) is 16.1. The van der Waals surface area contributed by atoms with Gasteiger partial charge in [-0.05, 0) is 102 Å². The summed E-state index contributed by atoms with van der Waals surface area (Å²) in [6, 6.07) is 9.32. The number of benzene rings is 3. The number of ether oxygens (including phenoxy) is 3. The monoisotopic (exact) mass is 1190 g/mol. The summed E-state index contributed by atoms with van der Waals surface area (Å²) >= 11 is 0. The van der Waals surface area contributed by atoms with E-state index in [0.29, 0.717) is 5.56 Å². The maximum atomic E-state index is 14.0. The van der Waals surface area contributed by atoms with Crippen LogP contribution in [-0.4, -0.2) is 118 Å². The summed E-state index contributed by atoms with van der Waals surface area (Å²) in [6.45, 7) is 10.3. The number of hydrogen-bond acceptors (Lipinski definition) is 17. The first-order chi connectivity index (χ1) is 37.4. The van der Waals surface area contributed by atoms with Gasteiger partial charge in [0.1, 0.15) is 48.2 Å². The highest BCUT2D eigenvalue weighted by molar-refractivity contribution is 8.77. The number of nitrogens with one attached hydrogen (secondary N) is 2. The lowest BCUT2D eigenvalue weighted by Gasteiger charge is -2.39. The number of aromatic carboxylic acids is 1. The lowest BCUT2D eigenvalue weighted by atomic mass is 9.81. The zero-order chi connectivity index (χ0) is 56.0. The van der Waals surface area contributed by atoms with Gasteiger partial charge in [-0.15, -0.1) is 0 Å². The van der Waals surface area contributed by atoms with Crippen molar-refractivity contribution in [3.05, 3.63) is 108 Å². The minimum absolute atomic E-state index is 0.00243. The van der Waals surface area contributed by atoms with Crippen LogP contribution in [0, 0.1) is 6.92 Å². The summed E-state index contributed by atoms with van der Waals surface area (Å²) in [6.07, 6.45) is 6.80. The van der Waals surface area contributed by atoms with Gasteiger partial charge in [-0.2, -0.15) is 8.62 Å². The standard InChI is InChI=1S/C50H58N7O17P3S2/c1-27-53-45-40(47(59)54-27)52-25-57(45)50(4)22-37(38(72-50)23-70-76(65,66)74-77(67,68)73-75(62,63)64)69-26-78-79-49(2,3)24-51-46(58)30-13-14-31(34(21-30)48(60)61)39-35-19-28-9-5-15-55-17-7-11-32(41(28)55)43(35)71-44-33-12-8-18-56-16-6-10-29(42(33)56)20-36(39)44/h13-14,19-21,25,37-38H,5-12,15-18,22-24,26H2,1-4H3,(H6-,51,53,54,58,59,60,61,62,63,64,65,66,67,68)/p+1/t37?,38-,50?/m1/s1. The SMILES string of the molecule is Cc1nc2c(ncn2C2(C)CC(OCSSC(C)(C)CNC(=O)c3ccc(C4=c5cc6c7c(c5Oc5c4cc4c8c5CCCN8CCC4)CCC[N+]=7CCC6)c(C(=O)O)c3)[C@@H](COP(=O)(O)OP(=O)(O)OP(=O)(O)O)O2)c(=O)[nH]1. The number of aryl methyl sites for hydroxylation is 3. The van der Waals surface area contributed by atoms with Gasteiger partial charge in [0.15, 0.2) is 11.2 Å². The van der Waals surface area contributed by atoms with Gasteiger partial charge in [0.05, 0.1) is 30.2 Å². The number of rotatable bonds is 18. The summed E-state index contributed by atoms with van der Waals surface area (Å²) in [5.41, 5.74) is 6.75. The maximum Gasteiger partial charge on any atom is 0.490 e. The van der Waals surface area contributed by atoms with Crippen molar-refractivity contribution in [2.24, 2.45) is 0 Å². The second-order valence-electron chi connectivity index (χ2n) is 21.2. The molecule has 4 unspecified atom stereocenters. The second kappa shape index (κ2) is 21.2. The van der Waals surface area contributed by atoms with Crippen LogP contribution in [0.25, 0.3) is 16.7 Å². The lowest BCUT2D eigenvalue weighted by Crippen LogP contribution is -2.45. The van der Waals surface area contributed by atoms with Crippen LogP contribution in [0.4, 0.5) is 5.69 Å². The number of hydrogen-bond donors (Lipinski definition) is 7. The molecule has 5 atom stereocenters. The second-order valence-corrected chi connectivity index (χ2v) is 28.6. The smallest absolute Gasteiger partial charge is 0.478 e. The molecule has 1 saturated heterocycles. The summed E-state index contributed by atoms with van der Waals surface area (Å²) in [7, 11) is -14.4. The molecular formula is C50H59N7O17P3S2+. The van der Waals surface area contributed by atoms with Gasteiger partial charge in [-0.3, -0.25) is 18.7 Å². The molecule has 8 heterocycles. The molecule has 6 aliphatic rings. The Kier molecular flexibility index (Phi) is 15.1. The zero-order valence-corrected chi connectivity index (χ0v) is 47.8. The normalized spacial score (nSPS) is 22.1. The van der Waals surface area contributed by atoms with Gasteiger partial charge in [0, 0.05) is 82.4 Å². The predicted octanol–water partition coefficient (Wildman–Crippen LogP) is 5.30. The minimum Gasteiger partial charge on any atom is -0.478 e. The average molecular weight is 1190 g/mol. The summed E-state index contributed by atoms with van der Waals surface area (Å²) < 4.78 is 71.7. The molecule has 0 bridgehead atoms. The van der Waals surface area contributed by atoms with Crippen molar-refractivity contribution in [3.63, 3.8) is 0 Å². The van der Waals surface area contributed by atoms with E-state index in [2.05, 4.69) is 50.5 Å². The Hall–Kier alpha value is -4.75.